The topological polar surface area (TPSA) is 70.9 Å². The van der Waals surface area contributed by atoms with Crippen molar-refractivity contribution in [3.8, 4) is 11.5 Å². The number of ether oxygens (including phenoxy) is 1. The maximum atomic E-state index is 11.8. The summed E-state index contributed by atoms with van der Waals surface area (Å²) in [6.45, 7) is 3.79. The molecule has 2 aromatic rings. The SMILES string of the molecule is Cc1cc(C)cc(OCC(=O)N/N=C/c2cc(Br)cc(Br)c2O)c1. The molecule has 5 nitrogen and oxygen atoms in total. The smallest absolute Gasteiger partial charge is 0.277 e. The van der Waals surface area contributed by atoms with E-state index in [-0.39, 0.29) is 18.3 Å². The molecule has 0 fully saturated rings. The maximum Gasteiger partial charge on any atom is 0.277 e. The number of benzene rings is 2. The number of aromatic hydroxyl groups is 1. The quantitative estimate of drug-likeness (QED) is 0.527. The molecule has 126 valence electrons. The van der Waals surface area contributed by atoms with E-state index < -0.39 is 0 Å². The molecule has 0 saturated carbocycles. The van der Waals surface area contributed by atoms with Crippen molar-refractivity contribution in [3.05, 3.63) is 56.0 Å². The van der Waals surface area contributed by atoms with Crippen molar-refractivity contribution in [1.82, 2.24) is 5.43 Å². The van der Waals surface area contributed by atoms with Gasteiger partial charge in [0, 0.05) is 10.0 Å². The standard InChI is InChI=1S/C17H16Br2N2O3/c1-10-3-11(2)5-14(4-10)24-9-16(22)21-20-8-12-6-13(18)7-15(19)17(12)23/h3-8,23H,9H2,1-2H3,(H,21,22)/b20-8+. The minimum Gasteiger partial charge on any atom is -0.506 e. The molecule has 24 heavy (non-hydrogen) atoms. The number of nitrogens with zero attached hydrogens (tertiary/aromatic N) is 1. The predicted molar refractivity (Wildman–Crippen MR) is 101 cm³/mol. The number of hydrogen-bond acceptors (Lipinski definition) is 4. The normalized spacial score (nSPS) is 10.8. The first-order valence-corrected chi connectivity index (χ1v) is 8.65. The van der Waals surface area contributed by atoms with E-state index in [1.807, 2.05) is 32.0 Å². The molecular formula is C17H16Br2N2O3. The Bertz CT molecular complexity index is 771. The Hall–Kier alpha value is -1.86. The van der Waals surface area contributed by atoms with Crippen molar-refractivity contribution < 1.29 is 14.6 Å². The second-order valence-electron chi connectivity index (χ2n) is 5.23. The molecule has 2 N–H and O–H groups in total. The zero-order chi connectivity index (χ0) is 17.7. The van der Waals surface area contributed by atoms with Crippen LogP contribution in [0.15, 0.2) is 44.4 Å². The molecule has 0 heterocycles. The van der Waals surface area contributed by atoms with Gasteiger partial charge in [0.2, 0.25) is 0 Å². The molecule has 2 rings (SSSR count). The third kappa shape index (κ3) is 5.35. The first kappa shape index (κ1) is 18.5. The molecule has 1 amide bonds. The molecule has 0 aliphatic rings. The van der Waals surface area contributed by atoms with Gasteiger partial charge in [-0.2, -0.15) is 5.10 Å². The van der Waals surface area contributed by atoms with Crippen LogP contribution in [-0.4, -0.2) is 23.8 Å². The highest BCUT2D eigenvalue weighted by molar-refractivity contribution is 9.11. The lowest BCUT2D eigenvalue weighted by Crippen LogP contribution is -2.24. The molecule has 0 radical (unpaired) electrons. The minimum absolute atomic E-state index is 0.0442. The highest BCUT2D eigenvalue weighted by Crippen LogP contribution is 2.30. The third-order valence-corrected chi connectivity index (χ3v) is 4.08. The fourth-order valence-electron chi connectivity index (χ4n) is 2.06. The van der Waals surface area contributed by atoms with Crippen molar-refractivity contribution in [3.63, 3.8) is 0 Å². The van der Waals surface area contributed by atoms with Crippen LogP contribution in [0, 0.1) is 13.8 Å². The second-order valence-corrected chi connectivity index (χ2v) is 7.00. The number of aryl methyl sites for hydroxylation is 2. The van der Waals surface area contributed by atoms with Crippen molar-refractivity contribution in [1.29, 1.82) is 0 Å². The number of hydrazone groups is 1. The number of rotatable bonds is 5. The lowest BCUT2D eigenvalue weighted by atomic mass is 10.1. The summed E-state index contributed by atoms with van der Waals surface area (Å²) in [5.74, 6) is 0.293. The summed E-state index contributed by atoms with van der Waals surface area (Å²) in [6, 6.07) is 9.14. The van der Waals surface area contributed by atoms with Gasteiger partial charge in [0.05, 0.1) is 10.7 Å². The Morgan fingerprint density at radius 3 is 2.54 bits per heavy atom. The van der Waals surface area contributed by atoms with Crippen molar-refractivity contribution in [2.75, 3.05) is 6.61 Å². The summed E-state index contributed by atoms with van der Waals surface area (Å²) < 4.78 is 6.75. The van der Waals surface area contributed by atoms with Gasteiger partial charge in [-0.3, -0.25) is 4.79 Å². The molecule has 7 heteroatoms. The summed E-state index contributed by atoms with van der Waals surface area (Å²) >= 11 is 6.55. The molecule has 0 atom stereocenters. The van der Waals surface area contributed by atoms with Crippen LogP contribution >= 0.6 is 31.9 Å². The van der Waals surface area contributed by atoms with Gasteiger partial charge in [0.15, 0.2) is 6.61 Å². The Labute approximate surface area is 157 Å². The molecule has 0 saturated heterocycles. The van der Waals surface area contributed by atoms with E-state index in [9.17, 15) is 9.90 Å². The Morgan fingerprint density at radius 2 is 1.88 bits per heavy atom. The lowest BCUT2D eigenvalue weighted by molar-refractivity contribution is -0.123. The van der Waals surface area contributed by atoms with Gasteiger partial charge in [-0.25, -0.2) is 5.43 Å². The largest absolute Gasteiger partial charge is 0.506 e. The van der Waals surface area contributed by atoms with Crippen molar-refractivity contribution in [2.24, 2.45) is 5.10 Å². The van der Waals surface area contributed by atoms with Crippen LogP contribution in [0.5, 0.6) is 11.5 Å². The number of hydrogen-bond donors (Lipinski definition) is 2. The highest BCUT2D eigenvalue weighted by atomic mass is 79.9. The van der Waals surface area contributed by atoms with E-state index in [2.05, 4.69) is 42.4 Å². The van der Waals surface area contributed by atoms with Crippen LogP contribution in [-0.2, 0) is 4.79 Å². The van der Waals surface area contributed by atoms with Crippen LogP contribution in [0.25, 0.3) is 0 Å². The fraction of sp³-hybridized carbons (Fsp3) is 0.176. The van der Waals surface area contributed by atoms with Gasteiger partial charge in [0.25, 0.3) is 5.91 Å². The van der Waals surface area contributed by atoms with Crippen LogP contribution in [0.4, 0.5) is 0 Å². The predicted octanol–water partition coefficient (Wildman–Crippen LogP) is 4.06. The summed E-state index contributed by atoms with van der Waals surface area (Å²) in [5, 5.41) is 13.7. The number of nitrogens with one attached hydrogen (secondary N) is 1. The number of carbonyl (C=O) groups is 1. The van der Waals surface area contributed by atoms with E-state index in [1.165, 1.54) is 6.21 Å². The molecule has 0 unspecified atom stereocenters. The van der Waals surface area contributed by atoms with Crippen LogP contribution in [0.2, 0.25) is 0 Å². The molecule has 0 bridgehead atoms. The number of phenolic OH excluding ortho intramolecular Hbond substituents is 1. The molecule has 0 aliphatic heterocycles. The van der Waals surface area contributed by atoms with Crippen LogP contribution < -0.4 is 10.2 Å². The van der Waals surface area contributed by atoms with Gasteiger partial charge in [0.1, 0.15) is 11.5 Å². The number of halogens is 2. The monoisotopic (exact) mass is 454 g/mol. The summed E-state index contributed by atoms with van der Waals surface area (Å²) in [7, 11) is 0. The average Bonchev–Trinajstić information content (AvgIpc) is 2.49. The number of phenols is 1. The van der Waals surface area contributed by atoms with Gasteiger partial charge >= 0.3 is 0 Å². The second kappa shape index (κ2) is 8.30. The summed E-state index contributed by atoms with van der Waals surface area (Å²) in [5.41, 5.74) is 4.96. The average molecular weight is 456 g/mol. The molecule has 0 aliphatic carbocycles. The summed E-state index contributed by atoms with van der Waals surface area (Å²) in [6.07, 6.45) is 1.36. The fourth-order valence-corrected chi connectivity index (χ4v) is 3.31. The van der Waals surface area contributed by atoms with Gasteiger partial charge in [-0.05, 0) is 65.2 Å². The molecular weight excluding hydrogens is 440 g/mol. The van der Waals surface area contributed by atoms with Gasteiger partial charge in [-0.15, -0.1) is 0 Å². The number of carbonyl (C=O) groups excluding carboxylic acids is 1. The van der Waals surface area contributed by atoms with E-state index >= 15 is 0 Å². The molecule has 2 aromatic carbocycles. The van der Waals surface area contributed by atoms with Crippen LogP contribution in [0.1, 0.15) is 16.7 Å². The van der Waals surface area contributed by atoms with E-state index in [4.69, 9.17) is 4.74 Å². The van der Waals surface area contributed by atoms with E-state index in [1.54, 1.807) is 12.1 Å². The van der Waals surface area contributed by atoms with Gasteiger partial charge in [-0.1, -0.05) is 22.0 Å². The van der Waals surface area contributed by atoms with Crippen molar-refractivity contribution >= 4 is 44.0 Å². The Balaban J connectivity index is 1.91. The first-order valence-electron chi connectivity index (χ1n) is 7.06. The molecule has 0 spiro atoms. The van der Waals surface area contributed by atoms with E-state index in [0.717, 1.165) is 15.6 Å². The van der Waals surface area contributed by atoms with Gasteiger partial charge < -0.3 is 9.84 Å². The molecule has 0 aromatic heterocycles. The lowest BCUT2D eigenvalue weighted by Gasteiger charge is -2.07. The zero-order valence-electron chi connectivity index (χ0n) is 13.1. The van der Waals surface area contributed by atoms with Crippen molar-refractivity contribution in [2.45, 2.75) is 13.8 Å². The number of amides is 1. The zero-order valence-corrected chi connectivity index (χ0v) is 16.3. The minimum atomic E-state index is -0.390. The Kier molecular flexibility index (Phi) is 6.39. The Morgan fingerprint density at radius 1 is 1.21 bits per heavy atom. The highest BCUT2D eigenvalue weighted by Gasteiger charge is 2.06. The third-order valence-electron chi connectivity index (χ3n) is 3.02. The summed E-state index contributed by atoms with van der Waals surface area (Å²) in [4.78, 5) is 11.8. The first-order chi connectivity index (χ1) is 11.3. The van der Waals surface area contributed by atoms with E-state index in [0.29, 0.717) is 15.8 Å². The maximum absolute atomic E-state index is 11.8. The van der Waals surface area contributed by atoms with Crippen LogP contribution in [0.3, 0.4) is 0 Å².